The van der Waals surface area contributed by atoms with Crippen LogP contribution < -0.4 is 4.90 Å². The molecule has 1 aromatic heterocycles. The quantitative estimate of drug-likeness (QED) is 0.674. The summed E-state index contributed by atoms with van der Waals surface area (Å²) in [6, 6.07) is 26.2. The van der Waals surface area contributed by atoms with Gasteiger partial charge in [-0.1, -0.05) is 54.6 Å². The van der Waals surface area contributed by atoms with Gasteiger partial charge in [-0.05, 0) is 29.8 Å². The van der Waals surface area contributed by atoms with Crippen molar-refractivity contribution in [3.63, 3.8) is 0 Å². The summed E-state index contributed by atoms with van der Waals surface area (Å²) in [7, 11) is 0. The van der Waals surface area contributed by atoms with Crippen molar-refractivity contribution in [2.24, 2.45) is 5.92 Å². The molecule has 25 heavy (non-hydrogen) atoms. The molecule has 1 saturated heterocycles. The number of hydrogen-bond donors (Lipinski definition) is 0. The highest BCUT2D eigenvalue weighted by Gasteiger charge is 2.39. The van der Waals surface area contributed by atoms with E-state index in [1.54, 1.807) is 6.20 Å². The smallest absolute Gasteiger partial charge is 0.186 e. The number of para-hydroxylation sites is 1. The van der Waals surface area contributed by atoms with Gasteiger partial charge < -0.3 is 4.90 Å². The Labute approximate surface area is 148 Å². The topological polar surface area (TPSA) is 33.2 Å². The van der Waals surface area contributed by atoms with Crippen LogP contribution in [0.15, 0.2) is 85.1 Å². The zero-order valence-corrected chi connectivity index (χ0v) is 14.0. The van der Waals surface area contributed by atoms with Gasteiger partial charge in [-0.15, -0.1) is 0 Å². The lowest BCUT2D eigenvalue weighted by Crippen LogP contribution is -2.24. The molecule has 0 aliphatic carbocycles. The number of benzene rings is 2. The maximum atomic E-state index is 13.1. The predicted molar refractivity (Wildman–Crippen MR) is 99.9 cm³/mol. The number of pyridine rings is 1. The molecular formula is C22H20N2O. The van der Waals surface area contributed by atoms with Crippen LogP contribution in [-0.4, -0.2) is 23.9 Å². The molecule has 1 fully saturated rings. The summed E-state index contributed by atoms with van der Waals surface area (Å²) >= 11 is 0. The molecule has 0 saturated carbocycles. The highest BCUT2D eigenvalue weighted by atomic mass is 16.1. The van der Waals surface area contributed by atoms with E-state index in [0.717, 1.165) is 13.1 Å². The Bertz CT molecular complexity index is 834. The van der Waals surface area contributed by atoms with Crippen molar-refractivity contribution in [2.75, 3.05) is 18.0 Å². The van der Waals surface area contributed by atoms with Gasteiger partial charge in [0.05, 0.1) is 5.92 Å². The summed E-state index contributed by atoms with van der Waals surface area (Å²) in [5.41, 5.74) is 2.94. The minimum atomic E-state index is -0.0856. The second kappa shape index (κ2) is 6.89. The summed E-state index contributed by atoms with van der Waals surface area (Å²) in [6.45, 7) is 1.57. The van der Waals surface area contributed by atoms with E-state index >= 15 is 0 Å². The van der Waals surface area contributed by atoms with Crippen molar-refractivity contribution in [3.05, 3.63) is 96.3 Å². The number of Topliss-reactive ketones (excluding diaryl/α,β-unsaturated/α-hetero) is 1. The maximum absolute atomic E-state index is 13.1. The van der Waals surface area contributed by atoms with Gasteiger partial charge in [0, 0.05) is 30.9 Å². The zero-order valence-electron chi connectivity index (χ0n) is 14.0. The monoisotopic (exact) mass is 328 g/mol. The second-order valence-corrected chi connectivity index (χ2v) is 6.44. The summed E-state index contributed by atoms with van der Waals surface area (Å²) in [4.78, 5) is 19.7. The first kappa shape index (κ1) is 15.6. The molecule has 3 aromatic rings. The Hall–Kier alpha value is -2.94. The molecule has 0 N–H and O–H groups in total. The van der Waals surface area contributed by atoms with Gasteiger partial charge in [0.2, 0.25) is 0 Å². The third kappa shape index (κ3) is 3.18. The van der Waals surface area contributed by atoms with Crippen LogP contribution >= 0.6 is 0 Å². The van der Waals surface area contributed by atoms with Gasteiger partial charge in [-0.25, -0.2) is 0 Å². The first-order valence-electron chi connectivity index (χ1n) is 8.63. The van der Waals surface area contributed by atoms with E-state index < -0.39 is 0 Å². The molecule has 0 unspecified atom stereocenters. The van der Waals surface area contributed by atoms with Crippen molar-refractivity contribution in [1.82, 2.24) is 4.98 Å². The number of rotatable bonds is 4. The van der Waals surface area contributed by atoms with Crippen LogP contribution in [-0.2, 0) is 0 Å². The van der Waals surface area contributed by atoms with Gasteiger partial charge in [0.15, 0.2) is 5.78 Å². The highest BCUT2D eigenvalue weighted by molar-refractivity contribution is 5.97. The average Bonchev–Trinajstić information content (AvgIpc) is 3.15. The molecule has 2 aromatic carbocycles. The van der Waals surface area contributed by atoms with E-state index in [2.05, 4.69) is 34.1 Å². The van der Waals surface area contributed by atoms with Crippen LogP contribution in [0.25, 0.3) is 0 Å². The number of carbonyl (C=O) groups excluding carboxylic acids is 1. The third-order valence-corrected chi connectivity index (χ3v) is 4.92. The molecule has 0 bridgehead atoms. The molecule has 0 spiro atoms. The number of anilines is 1. The molecule has 1 aliphatic heterocycles. The summed E-state index contributed by atoms with van der Waals surface area (Å²) in [5.74, 6) is 0.223. The van der Waals surface area contributed by atoms with Crippen LogP contribution in [0.2, 0.25) is 0 Å². The van der Waals surface area contributed by atoms with E-state index in [4.69, 9.17) is 0 Å². The minimum Gasteiger partial charge on any atom is -0.370 e. The van der Waals surface area contributed by atoms with Crippen molar-refractivity contribution in [2.45, 2.75) is 5.92 Å². The van der Waals surface area contributed by atoms with E-state index in [9.17, 15) is 4.79 Å². The number of carbonyl (C=O) groups is 1. The van der Waals surface area contributed by atoms with E-state index in [1.807, 2.05) is 54.6 Å². The fourth-order valence-electron chi connectivity index (χ4n) is 3.66. The lowest BCUT2D eigenvalue weighted by Gasteiger charge is -2.18. The Morgan fingerprint density at radius 3 is 2.20 bits per heavy atom. The highest BCUT2D eigenvalue weighted by Crippen LogP contribution is 2.36. The second-order valence-electron chi connectivity index (χ2n) is 6.44. The third-order valence-electron chi connectivity index (χ3n) is 4.92. The molecule has 0 amide bonds. The normalized spacial score (nSPS) is 19.8. The van der Waals surface area contributed by atoms with Crippen LogP contribution in [0.3, 0.4) is 0 Å². The van der Waals surface area contributed by atoms with E-state index in [1.165, 1.54) is 11.3 Å². The predicted octanol–water partition coefficient (Wildman–Crippen LogP) is 4.18. The van der Waals surface area contributed by atoms with Crippen molar-refractivity contribution < 1.29 is 4.79 Å². The number of nitrogens with zero attached hydrogens (tertiary/aromatic N) is 2. The van der Waals surface area contributed by atoms with Crippen LogP contribution in [0, 0.1) is 5.92 Å². The van der Waals surface area contributed by atoms with Gasteiger partial charge in [-0.3, -0.25) is 9.78 Å². The SMILES string of the molecule is O=C(c1ccccn1)[C@@H]1CN(c2ccccc2)C[C@H]1c1ccccc1. The van der Waals surface area contributed by atoms with Crippen molar-refractivity contribution in [1.29, 1.82) is 0 Å². The Kier molecular flexibility index (Phi) is 4.30. The molecule has 3 heteroatoms. The van der Waals surface area contributed by atoms with Crippen molar-refractivity contribution in [3.8, 4) is 0 Å². The average molecular weight is 328 g/mol. The van der Waals surface area contributed by atoms with Gasteiger partial charge in [-0.2, -0.15) is 0 Å². The molecular weight excluding hydrogens is 308 g/mol. The van der Waals surface area contributed by atoms with Crippen LogP contribution in [0.5, 0.6) is 0 Å². The van der Waals surface area contributed by atoms with Crippen molar-refractivity contribution >= 4 is 11.5 Å². The summed E-state index contributed by atoms with van der Waals surface area (Å²) in [6.07, 6.45) is 1.69. The summed E-state index contributed by atoms with van der Waals surface area (Å²) in [5, 5.41) is 0. The Balaban J connectivity index is 1.68. The minimum absolute atomic E-state index is 0.0856. The fourth-order valence-corrected chi connectivity index (χ4v) is 3.66. The number of hydrogen-bond acceptors (Lipinski definition) is 3. The largest absolute Gasteiger partial charge is 0.370 e. The van der Waals surface area contributed by atoms with E-state index in [-0.39, 0.29) is 17.6 Å². The molecule has 2 heterocycles. The lowest BCUT2D eigenvalue weighted by atomic mass is 9.85. The maximum Gasteiger partial charge on any atom is 0.186 e. The van der Waals surface area contributed by atoms with Gasteiger partial charge >= 0.3 is 0 Å². The Morgan fingerprint density at radius 1 is 0.840 bits per heavy atom. The van der Waals surface area contributed by atoms with E-state index in [0.29, 0.717) is 5.69 Å². The van der Waals surface area contributed by atoms with Gasteiger partial charge in [0.25, 0.3) is 0 Å². The number of aromatic nitrogens is 1. The Morgan fingerprint density at radius 2 is 1.52 bits per heavy atom. The fraction of sp³-hybridized carbons (Fsp3) is 0.182. The molecule has 124 valence electrons. The standard InChI is InChI=1S/C22H20N2O/c25-22(21-13-7-8-14-23-21)20-16-24(18-11-5-2-6-12-18)15-19(20)17-9-3-1-4-10-17/h1-14,19-20H,15-16H2/t19-,20+/m0/s1. The summed E-state index contributed by atoms with van der Waals surface area (Å²) < 4.78 is 0. The first-order valence-corrected chi connectivity index (χ1v) is 8.63. The molecule has 4 rings (SSSR count). The zero-order chi connectivity index (χ0) is 17.1. The molecule has 3 nitrogen and oxygen atoms in total. The first-order chi connectivity index (χ1) is 12.3. The van der Waals surface area contributed by atoms with Crippen LogP contribution in [0.4, 0.5) is 5.69 Å². The number of ketones is 1. The van der Waals surface area contributed by atoms with Crippen LogP contribution in [0.1, 0.15) is 22.0 Å². The molecule has 1 aliphatic rings. The molecule has 2 atom stereocenters. The molecule has 0 radical (unpaired) electrons. The lowest BCUT2D eigenvalue weighted by molar-refractivity contribution is 0.0916. The van der Waals surface area contributed by atoms with Gasteiger partial charge in [0.1, 0.15) is 5.69 Å².